The predicted molar refractivity (Wildman–Crippen MR) is 86.2 cm³/mol. The zero-order valence-electron chi connectivity index (χ0n) is 14.7. The summed E-state index contributed by atoms with van der Waals surface area (Å²) < 4.78 is 23.7. The smallest absolute Gasteiger partial charge is 0.325 e. The number of Topliss-reactive ketones (excluding diaryl/α,β-unsaturated/α-hetero) is 1. The average Bonchev–Trinajstić information content (AvgIpc) is 3.15. The number of carbonyl (C=O) groups excluding carboxylic acids is 3. The maximum atomic E-state index is 13.3. The fourth-order valence-electron chi connectivity index (χ4n) is 4.77. The molecule has 134 valence electrons. The van der Waals surface area contributed by atoms with Gasteiger partial charge in [-0.1, -0.05) is 6.92 Å². The monoisotopic (exact) mass is 348 g/mol. The van der Waals surface area contributed by atoms with Gasteiger partial charge in [0, 0.05) is 11.5 Å². The molecule has 1 aliphatic heterocycles. The van der Waals surface area contributed by atoms with Crippen LogP contribution in [0.4, 0.5) is 4.39 Å². The largest absolute Gasteiger partial charge is 0.465 e. The third-order valence-electron chi connectivity index (χ3n) is 5.59. The Morgan fingerprint density at radius 1 is 1.20 bits per heavy atom. The zero-order chi connectivity index (χ0) is 18.6. The van der Waals surface area contributed by atoms with Gasteiger partial charge in [-0.25, -0.2) is 4.39 Å². The van der Waals surface area contributed by atoms with E-state index in [-0.39, 0.29) is 24.4 Å². The van der Waals surface area contributed by atoms with Gasteiger partial charge in [-0.15, -0.1) is 0 Å². The van der Waals surface area contributed by atoms with E-state index in [1.807, 2.05) is 0 Å². The molecular weight excluding hydrogens is 327 g/mol. The highest BCUT2D eigenvalue weighted by atomic mass is 19.1. The summed E-state index contributed by atoms with van der Waals surface area (Å²) >= 11 is 0. The second-order valence-corrected chi connectivity index (χ2v) is 7.12. The van der Waals surface area contributed by atoms with Crippen LogP contribution in [0.1, 0.15) is 44.5 Å². The summed E-state index contributed by atoms with van der Waals surface area (Å²) in [5.74, 6) is -2.84. The highest BCUT2D eigenvalue weighted by molar-refractivity contribution is 6.19. The predicted octanol–water partition coefficient (Wildman–Crippen LogP) is 2.92. The van der Waals surface area contributed by atoms with Gasteiger partial charge in [0.25, 0.3) is 0 Å². The average molecular weight is 348 g/mol. The van der Waals surface area contributed by atoms with Gasteiger partial charge in [-0.05, 0) is 51.5 Å². The second-order valence-electron chi connectivity index (χ2n) is 7.12. The van der Waals surface area contributed by atoms with Crippen molar-refractivity contribution in [1.29, 1.82) is 0 Å². The second kappa shape index (κ2) is 5.38. The van der Waals surface area contributed by atoms with Crippen molar-refractivity contribution in [2.24, 2.45) is 16.7 Å². The third kappa shape index (κ3) is 1.96. The Bertz CT molecular complexity index is 754. The molecule has 1 aromatic carbocycles. The van der Waals surface area contributed by atoms with Crippen molar-refractivity contribution < 1.29 is 28.2 Å². The quantitative estimate of drug-likeness (QED) is 0.465. The van der Waals surface area contributed by atoms with Crippen LogP contribution in [0.3, 0.4) is 0 Å². The van der Waals surface area contributed by atoms with Crippen molar-refractivity contribution in [3.8, 4) is 0 Å². The number of ketones is 1. The Hall–Kier alpha value is -2.24. The maximum absolute atomic E-state index is 13.3. The summed E-state index contributed by atoms with van der Waals surface area (Å²) in [6, 6.07) is 5.13. The molecule has 0 amide bonds. The van der Waals surface area contributed by atoms with Crippen molar-refractivity contribution >= 4 is 17.7 Å². The van der Waals surface area contributed by atoms with Gasteiger partial charge >= 0.3 is 11.9 Å². The van der Waals surface area contributed by atoms with Gasteiger partial charge in [0.05, 0.1) is 12.0 Å². The molecule has 0 spiro atoms. The molecule has 3 rings (SSSR count). The van der Waals surface area contributed by atoms with Gasteiger partial charge < -0.3 is 9.47 Å². The van der Waals surface area contributed by atoms with Gasteiger partial charge in [0.15, 0.2) is 11.2 Å². The highest BCUT2D eigenvalue weighted by Crippen LogP contribution is 2.80. The molecule has 1 aliphatic carbocycles. The lowest BCUT2D eigenvalue weighted by atomic mass is 9.81. The lowest BCUT2D eigenvalue weighted by Gasteiger charge is -2.28. The number of cyclic esters (lactones) is 1. The lowest BCUT2D eigenvalue weighted by molar-refractivity contribution is -0.166. The Kier molecular flexibility index (Phi) is 3.78. The van der Waals surface area contributed by atoms with Gasteiger partial charge in [0.2, 0.25) is 0 Å². The molecule has 1 heterocycles. The minimum atomic E-state index is -1.62. The van der Waals surface area contributed by atoms with Crippen molar-refractivity contribution in [2.75, 3.05) is 6.61 Å². The van der Waals surface area contributed by atoms with Crippen molar-refractivity contribution in [2.45, 2.75) is 39.7 Å². The molecule has 1 saturated heterocycles. The van der Waals surface area contributed by atoms with Crippen LogP contribution >= 0.6 is 0 Å². The van der Waals surface area contributed by atoms with Crippen LogP contribution in [0.15, 0.2) is 24.3 Å². The molecule has 0 bridgehead atoms. The fraction of sp³-hybridized carbons (Fsp3) is 0.526. The van der Waals surface area contributed by atoms with Crippen LogP contribution in [0.5, 0.6) is 0 Å². The van der Waals surface area contributed by atoms with E-state index in [1.165, 1.54) is 24.3 Å². The number of esters is 2. The summed E-state index contributed by atoms with van der Waals surface area (Å²) in [6.07, 6.45) is 0.283. The van der Waals surface area contributed by atoms with Gasteiger partial charge in [-0.2, -0.15) is 0 Å². The van der Waals surface area contributed by atoms with E-state index in [4.69, 9.17) is 9.47 Å². The Labute approximate surface area is 145 Å². The van der Waals surface area contributed by atoms with Crippen molar-refractivity contribution in [1.82, 2.24) is 0 Å². The Morgan fingerprint density at radius 2 is 1.80 bits per heavy atom. The molecule has 1 saturated carbocycles. The Balaban J connectivity index is 2.14. The molecule has 0 aromatic heterocycles. The standard InChI is InChI=1S/C19H21FO5/c1-5-18(13(21)11-7-9-12(20)10-8-11)14-17(3,4)25-16(23)19(14,18)15(22)24-6-2/h7-10,14H,5-6H2,1-4H3/t14-,18-,19-/m0/s1. The maximum Gasteiger partial charge on any atom is 0.325 e. The number of hydrogen-bond acceptors (Lipinski definition) is 5. The number of ether oxygens (including phenoxy) is 2. The summed E-state index contributed by atoms with van der Waals surface area (Å²) in [5.41, 5.74) is -3.54. The number of halogens is 1. The van der Waals surface area contributed by atoms with E-state index in [0.717, 1.165) is 0 Å². The van der Waals surface area contributed by atoms with E-state index in [9.17, 15) is 18.8 Å². The van der Waals surface area contributed by atoms with Crippen LogP contribution in [-0.4, -0.2) is 29.9 Å². The van der Waals surface area contributed by atoms with Crippen LogP contribution < -0.4 is 0 Å². The highest BCUT2D eigenvalue weighted by Gasteiger charge is 2.95. The Morgan fingerprint density at radius 3 is 2.32 bits per heavy atom. The number of carbonyl (C=O) groups is 3. The van der Waals surface area contributed by atoms with Crippen LogP contribution in [-0.2, 0) is 19.1 Å². The van der Waals surface area contributed by atoms with E-state index in [2.05, 4.69) is 0 Å². The summed E-state index contributed by atoms with van der Waals surface area (Å²) in [7, 11) is 0. The minimum Gasteiger partial charge on any atom is -0.465 e. The molecule has 0 N–H and O–H groups in total. The summed E-state index contributed by atoms with van der Waals surface area (Å²) in [4.78, 5) is 38.7. The first-order valence-corrected chi connectivity index (χ1v) is 8.41. The molecule has 6 heteroatoms. The van der Waals surface area contributed by atoms with Gasteiger partial charge in [0.1, 0.15) is 11.4 Å². The molecule has 2 fully saturated rings. The number of fused-ring (bicyclic) bond motifs is 1. The first-order valence-electron chi connectivity index (χ1n) is 8.41. The lowest BCUT2D eigenvalue weighted by Crippen LogP contribution is -2.40. The van der Waals surface area contributed by atoms with Crippen molar-refractivity contribution in [3.63, 3.8) is 0 Å². The number of rotatable bonds is 5. The first kappa shape index (κ1) is 17.6. The van der Waals surface area contributed by atoms with Crippen LogP contribution in [0.2, 0.25) is 0 Å². The van der Waals surface area contributed by atoms with Crippen molar-refractivity contribution in [3.05, 3.63) is 35.6 Å². The van der Waals surface area contributed by atoms with E-state index in [1.54, 1.807) is 27.7 Å². The normalized spacial score (nSPS) is 31.9. The summed E-state index contributed by atoms with van der Waals surface area (Å²) in [5, 5.41) is 0. The zero-order valence-corrected chi connectivity index (χ0v) is 14.7. The van der Waals surface area contributed by atoms with E-state index >= 15 is 0 Å². The van der Waals surface area contributed by atoms with E-state index in [0.29, 0.717) is 0 Å². The molecule has 2 aliphatic rings. The van der Waals surface area contributed by atoms with Crippen LogP contribution in [0.25, 0.3) is 0 Å². The molecule has 0 unspecified atom stereocenters. The molecule has 1 aromatic rings. The van der Waals surface area contributed by atoms with E-state index < -0.39 is 40.1 Å². The van der Waals surface area contributed by atoms with Gasteiger partial charge in [-0.3, -0.25) is 14.4 Å². The first-order chi connectivity index (χ1) is 11.7. The molecule has 0 radical (unpaired) electrons. The third-order valence-corrected chi connectivity index (χ3v) is 5.59. The number of benzene rings is 1. The topological polar surface area (TPSA) is 69.7 Å². The van der Waals surface area contributed by atoms with Crippen LogP contribution in [0, 0.1) is 22.6 Å². The molecule has 25 heavy (non-hydrogen) atoms. The molecule has 5 nitrogen and oxygen atoms in total. The summed E-state index contributed by atoms with van der Waals surface area (Å²) in [6.45, 7) is 6.92. The molecular formula is C19H21FO5. The number of hydrogen-bond donors (Lipinski definition) is 0. The SMILES string of the molecule is CCOC(=O)[C@]12C(=O)OC(C)(C)[C@H]1[C@]2(CC)C(=O)c1ccc(F)cc1. The minimum absolute atomic E-state index is 0.103. The fourth-order valence-corrected chi connectivity index (χ4v) is 4.77. The molecule has 3 atom stereocenters.